The van der Waals surface area contributed by atoms with Gasteiger partial charge in [-0.1, -0.05) is 53.2 Å². The summed E-state index contributed by atoms with van der Waals surface area (Å²) in [5.74, 6) is -0.131. The molecule has 0 saturated carbocycles. The molecule has 0 aliphatic carbocycles. The molecule has 0 aromatic heterocycles. The van der Waals surface area contributed by atoms with Crippen LogP contribution >= 0.6 is 35.0 Å². The highest BCUT2D eigenvalue weighted by atomic mass is 35.5. The lowest BCUT2D eigenvalue weighted by atomic mass is 10.1. The molecule has 5 nitrogen and oxygen atoms in total. The van der Waals surface area contributed by atoms with Crippen LogP contribution in [-0.2, 0) is 4.79 Å². The highest BCUT2D eigenvalue weighted by molar-refractivity contribution is 8.04. The Bertz CT molecular complexity index is 1380. The maximum atomic E-state index is 13.3. The van der Waals surface area contributed by atoms with E-state index in [1.165, 1.54) is 17.3 Å². The van der Waals surface area contributed by atoms with E-state index in [4.69, 9.17) is 23.2 Å². The largest absolute Gasteiger partial charge is 0.368 e. The minimum absolute atomic E-state index is 0.0219. The Hall–Kier alpha value is -2.93. The fraction of sp³-hybridized carbons (Fsp3) is 0.214. The first-order chi connectivity index (χ1) is 17.3. The van der Waals surface area contributed by atoms with Gasteiger partial charge < -0.3 is 14.7 Å². The molecule has 0 bridgehead atoms. The average molecular weight is 539 g/mol. The lowest BCUT2D eigenvalue weighted by Crippen LogP contribution is -2.49. The van der Waals surface area contributed by atoms with Crippen LogP contribution in [0.1, 0.15) is 21.5 Å². The van der Waals surface area contributed by atoms with E-state index in [-0.39, 0.29) is 11.8 Å². The van der Waals surface area contributed by atoms with E-state index >= 15 is 0 Å². The zero-order chi connectivity index (χ0) is 25.4. The highest BCUT2D eigenvalue weighted by Gasteiger charge is 2.29. The summed E-state index contributed by atoms with van der Waals surface area (Å²) in [5.41, 5.74) is 4.48. The average Bonchev–Trinajstić information content (AvgIpc) is 2.88. The summed E-state index contributed by atoms with van der Waals surface area (Å²) in [6.45, 7) is 4.80. The van der Waals surface area contributed by atoms with Crippen LogP contribution in [0.2, 0.25) is 10.0 Å². The van der Waals surface area contributed by atoms with Crippen molar-refractivity contribution in [2.75, 3.05) is 43.0 Å². The van der Waals surface area contributed by atoms with Gasteiger partial charge in [0.05, 0.1) is 10.6 Å². The van der Waals surface area contributed by atoms with Gasteiger partial charge >= 0.3 is 0 Å². The van der Waals surface area contributed by atoms with Gasteiger partial charge in [0.2, 0.25) is 0 Å². The summed E-state index contributed by atoms with van der Waals surface area (Å²) in [5, 5.41) is 1.34. The van der Waals surface area contributed by atoms with Crippen LogP contribution < -0.4 is 9.80 Å². The maximum absolute atomic E-state index is 13.3. The van der Waals surface area contributed by atoms with Crippen LogP contribution in [-0.4, -0.2) is 49.9 Å². The van der Waals surface area contributed by atoms with Crippen molar-refractivity contribution < 1.29 is 9.59 Å². The van der Waals surface area contributed by atoms with E-state index in [2.05, 4.69) is 11.8 Å². The van der Waals surface area contributed by atoms with E-state index in [1.807, 2.05) is 65.6 Å². The molecule has 5 rings (SSSR count). The predicted octanol–water partition coefficient (Wildman–Crippen LogP) is 6.37. The summed E-state index contributed by atoms with van der Waals surface area (Å²) in [4.78, 5) is 33.7. The number of anilines is 2. The standard InChI is InChI=1S/C28H25Cl2N3O2S/c1-18-6-8-22(30)17-23(18)32-10-12-33(13-11-32)27(34)20-7-9-25-24(16-20)31(2)28(35)26(36-25)15-19-4-3-5-21(29)14-19/h3-9,14-17H,10-13H2,1-2H3/b26-15-. The number of amides is 2. The van der Waals surface area contributed by atoms with Gasteiger partial charge in [0.25, 0.3) is 11.8 Å². The van der Waals surface area contributed by atoms with Gasteiger partial charge in [-0.05, 0) is 66.6 Å². The quantitative estimate of drug-likeness (QED) is 0.364. The molecule has 0 atom stereocenters. The first-order valence-electron chi connectivity index (χ1n) is 11.7. The van der Waals surface area contributed by atoms with Gasteiger partial charge in [-0.2, -0.15) is 0 Å². The van der Waals surface area contributed by atoms with Crippen molar-refractivity contribution in [3.8, 4) is 0 Å². The summed E-state index contributed by atoms with van der Waals surface area (Å²) in [6.07, 6.45) is 1.85. The molecule has 0 radical (unpaired) electrons. The number of rotatable bonds is 3. The number of halogens is 2. The van der Waals surface area contributed by atoms with Crippen LogP contribution in [0.5, 0.6) is 0 Å². The number of carbonyl (C=O) groups is 2. The summed E-state index contributed by atoms with van der Waals surface area (Å²) >= 11 is 13.7. The van der Waals surface area contributed by atoms with Crippen LogP contribution in [0.4, 0.5) is 11.4 Å². The van der Waals surface area contributed by atoms with Crippen molar-refractivity contribution >= 4 is 64.2 Å². The van der Waals surface area contributed by atoms with Gasteiger partial charge in [-0.25, -0.2) is 0 Å². The van der Waals surface area contributed by atoms with E-state index in [9.17, 15) is 9.59 Å². The Kier molecular flexibility index (Phi) is 7.02. The molecule has 0 unspecified atom stereocenters. The molecule has 1 fully saturated rings. The van der Waals surface area contributed by atoms with E-state index in [0.717, 1.165) is 34.9 Å². The molecular weight excluding hydrogens is 513 g/mol. The third-order valence-corrected chi connectivity index (χ3v) is 8.08. The molecule has 1 saturated heterocycles. The van der Waals surface area contributed by atoms with Gasteiger partial charge in [-0.3, -0.25) is 9.59 Å². The second-order valence-electron chi connectivity index (χ2n) is 8.92. The molecule has 8 heteroatoms. The number of carbonyl (C=O) groups excluding carboxylic acids is 2. The van der Waals surface area contributed by atoms with Crippen LogP contribution in [0.15, 0.2) is 70.5 Å². The van der Waals surface area contributed by atoms with Crippen LogP contribution in [0.3, 0.4) is 0 Å². The second-order valence-corrected chi connectivity index (χ2v) is 10.9. The van der Waals surface area contributed by atoms with Crippen molar-refractivity contribution in [2.24, 2.45) is 0 Å². The fourth-order valence-corrected chi connectivity index (χ4v) is 5.99. The number of benzene rings is 3. The number of nitrogens with zero attached hydrogens (tertiary/aromatic N) is 3. The molecule has 2 heterocycles. The van der Waals surface area contributed by atoms with Crippen molar-refractivity contribution in [2.45, 2.75) is 11.8 Å². The first-order valence-corrected chi connectivity index (χ1v) is 13.2. The molecule has 3 aromatic rings. The molecule has 2 aliphatic heterocycles. The third kappa shape index (κ3) is 4.99. The lowest BCUT2D eigenvalue weighted by Gasteiger charge is -2.37. The van der Waals surface area contributed by atoms with Crippen molar-refractivity contribution in [3.05, 3.63) is 92.3 Å². The zero-order valence-electron chi connectivity index (χ0n) is 20.0. The van der Waals surface area contributed by atoms with Gasteiger partial charge in [0.1, 0.15) is 0 Å². The molecule has 0 spiro atoms. The Morgan fingerprint density at radius 3 is 2.42 bits per heavy atom. The van der Waals surface area contributed by atoms with Gasteiger partial charge in [-0.15, -0.1) is 0 Å². The number of hydrogen-bond acceptors (Lipinski definition) is 4. The Balaban J connectivity index is 1.31. The molecule has 0 N–H and O–H groups in total. The molecule has 2 aliphatic rings. The summed E-state index contributed by atoms with van der Waals surface area (Å²) in [6, 6.07) is 18.9. The highest BCUT2D eigenvalue weighted by Crippen LogP contribution is 2.42. The number of fused-ring (bicyclic) bond motifs is 1. The van der Waals surface area contributed by atoms with E-state index < -0.39 is 0 Å². The number of thioether (sulfide) groups is 1. The van der Waals surface area contributed by atoms with Crippen molar-refractivity contribution in [3.63, 3.8) is 0 Å². The molecule has 36 heavy (non-hydrogen) atoms. The van der Waals surface area contributed by atoms with Crippen molar-refractivity contribution in [1.82, 2.24) is 4.90 Å². The smallest absolute Gasteiger partial charge is 0.264 e. The number of aryl methyl sites for hydroxylation is 1. The fourth-order valence-electron chi connectivity index (χ4n) is 4.53. The minimum atomic E-state index is -0.109. The Labute approximate surface area is 225 Å². The molecule has 2 amide bonds. The third-order valence-electron chi connectivity index (χ3n) is 6.53. The predicted molar refractivity (Wildman–Crippen MR) is 149 cm³/mol. The van der Waals surface area contributed by atoms with Crippen LogP contribution in [0.25, 0.3) is 6.08 Å². The summed E-state index contributed by atoms with van der Waals surface area (Å²) < 4.78 is 0. The van der Waals surface area contributed by atoms with Crippen LogP contribution in [0, 0.1) is 6.92 Å². The number of piperazine rings is 1. The van der Waals surface area contributed by atoms with E-state index in [1.54, 1.807) is 18.0 Å². The Morgan fingerprint density at radius 2 is 1.67 bits per heavy atom. The Morgan fingerprint density at radius 1 is 0.917 bits per heavy atom. The second kappa shape index (κ2) is 10.2. The van der Waals surface area contributed by atoms with Gasteiger partial charge in [0, 0.05) is 59.4 Å². The van der Waals surface area contributed by atoms with E-state index in [0.29, 0.717) is 33.6 Å². The maximum Gasteiger partial charge on any atom is 0.264 e. The zero-order valence-corrected chi connectivity index (χ0v) is 22.3. The SMILES string of the molecule is Cc1ccc(Cl)cc1N1CCN(C(=O)c2ccc3c(c2)N(C)C(=O)/C(=C/c2cccc(Cl)c2)S3)CC1. The van der Waals surface area contributed by atoms with Gasteiger partial charge in [0.15, 0.2) is 0 Å². The molecule has 3 aromatic carbocycles. The lowest BCUT2D eigenvalue weighted by molar-refractivity contribution is -0.114. The molecular formula is C28H25Cl2N3O2S. The first kappa shape index (κ1) is 24.8. The van der Waals surface area contributed by atoms with Crippen molar-refractivity contribution in [1.29, 1.82) is 0 Å². The topological polar surface area (TPSA) is 43.9 Å². The normalized spacial score (nSPS) is 16.9. The molecule has 184 valence electrons. The number of hydrogen-bond donors (Lipinski definition) is 0. The monoisotopic (exact) mass is 537 g/mol. The number of likely N-dealkylation sites (N-methyl/N-ethyl adjacent to an activating group) is 1. The summed E-state index contributed by atoms with van der Waals surface area (Å²) in [7, 11) is 1.74. The minimum Gasteiger partial charge on any atom is -0.368 e.